The largest absolute Gasteiger partial charge is 0.354 e. The van der Waals surface area contributed by atoms with Crippen LogP contribution in [0.3, 0.4) is 0 Å². The highest BCUT2D eigenvalue weighted by Gasteiger charge is 1.99. The summed E-state index contributed by atoms with van der Waals surface area (Å²) in [6.07, 6.45) is 1.04. The molecular formula is C14H14ClN. The first-order chi connectivity index (χ1) is 7.79. The van der Waals surface area contributed by atoms with E-state index < -0.39 is 0 Å². The van der Waals surface area contributed by atoms with Gasteiger partial charge in [-0.2, -0.15) is 0 Å². The Hall–Kier alpha value is -1.47. The van der Waals surface area contributed by atoms with E-state index in [0.29, 0.717) is 0 Å². The summed E-state index contributed by atoms with van der Waals surface area (Å²) in [5.74, 6) is 0. The van der Waals surface area contributed by atoms with Gasteiger partial charge < -0.3 is 5.32 Å². The molecule has 2 aromatic carbocycles. The van der Waals surface area contributed by atoms with Gasteiger partial charge in [0.2, 0.25) is 0 Å². The highest BCUT2D eigenvalue weighted by Crippen LogP contribution is 2.25. The Balaban J connectivity index is 2.24. The first-order valence-corrected chi connectivity index (χ1v) is 5.78. The Morgan fingerprint density at radius 1 is 1.06 bits per heavy atom. The second-order valence-corrected chi connectivity index (χ2v) is 4.07. The number of benzene rings is 2. The molecule has 0 saturated carbocycles. The van der Waals surface area contributed by atoms with Crippen LogP contribution >= 0.6 is 11.6 Å². The highest BCUT2D eigenvalue weighted by molar-refractivity contribution is 6.33. The van der Waals surface area contributed by atoms with Gasteiger partial charge in [-0.15, -0.1) is 0 Å². The molecule has 0 unspecified atom stereocenters. The molecule has 0 atom stereocenters. The fraction of sp³-hybridized carbons (Fsp3) is 0.143. The normalized spacial score (nSPS) is 10.1. The lowest BCUT2D eigenvalue weighted by Gasteiger charge is -2.09. The van der Waals surface area contributed by atoms with Gasteiger partial charge in [-0.25, -0.2) is 0 Å². The van der Waals surface area contributed by atoms with E-state index in [1.54, 1.807) is 0 Å². The predicted molar refractivity (Wildman–Crippen MR) is 70.6 cm³/mol. The van der Waals surface area contributed by atoms with Crippen molar-refractivity contribution in [2.24, 2.45) is 0 Å². The molecule has 1 N–H and O–H groups in total. The van der Waals surface area contributed by atoms with E-state index in [-0.39, 0.29) is 0 Å². The van der Waals surface area contributed by atoms with Crippen molar-refractivity contribution in [1.82, 2.24) is 0 Å². The van der Waals surface area contributed by atoms with Gasteiger partial charge in [0, 0.05) is 5.69 Å². The van der Waals surface area contributed by atoms with Gasteiger partial charge in [0.1, 0.15) is 0 Å². The highest BCUT2D eigenvalue weighted by atomic mass is 35.5. The zero-order chi connectivity index (χ0) is 11.4. The molecule has 0 aliphatic heterocycles. The monoisotopic (exact) mass is 231 g/mol. The maximum absolute atomic E-state index is 6.09. The van der Waals surface area contributed by atoms with Gasteiger partial charge in [-0.1, -0.05) is 42.8 Å². The molecule has 0 saturated heterocycles. The molecule has 0 aromatic heterocycles. The molecule has 0 bridgehead atoms. The molecule has 2 aromatic rings. The van der Waals surface area contributed by atoms with Crippen LogP contribution in [0.25, 0.3) is 0 Å². The summed E-state index contributed by atoms with van der Waals surface area (Å²) in [7, 11) is 0. The first kappa shape index (κ1) is 11.0. The van der Waals surface area contributed by atoms with Gasteiger partial charge in [0.25, 0.3) is 0 Å². The minimum absolute atomic E-state index is 0.740. The van der Waals surface area contributed by atoms with Crippen molar-refractivity contribution < 1.29 is 0 Å². The van der Waals surface area contributed by atoms with E-state index in [9.17, 15) is 0 Å². The van der Waals surface area contributed by atoms with Crippen LogP contribution in [0.2, 0.25) is 5.02 Å². The first-order valence-electron chi connectivity index (χ1n) is 5.40. The summed E-state index contributed by atoms with van der Waals surface area (Å²) >= 11 is 6.09. The fourth-order valence-electron chi connectivity index (χ4n) is 1.59. The van der Waals surface area contributed by atoms with E-state index in [1.165, 1.54) is 5.56 Å². The molecule has 0 aliphatic carbocycles. The average molecular weight is 232 g/mol. The number of para-hydroxylation sites is 1. The average Bonchev–Trinajstić information content (AvgIpc) is 2.32. The third-order valence-electron chi connectivity index (χ3n) is 2.49. The lowest BCUT2D eigenvalue weighted by atomic mass is 10.1. The number of hydrogen-bond donors (Lipinski definition) is 1. The van der Waals surface area contributed by atoms with Crippen molar-refractivity contribution in [3.05, 3.63) is 59.1 Å². The Labute approximate surface area is 101 Å². The maximum atomic E-state index is 6.09. The van der Waals surface area contributed by atoms with E-state index in [1.807, 2.05) is 30.3 Å². The van der Waals surface area contributed by atoms with Crippen molar-refractivity contribution in [3.8, 4) is 0 Å². The minimum atomic E-state index is 0.740. The van der Waals surface area contributed by atoms with Crippen molar-refractivity contribution in [2.45, 2.75) is 13.3 Å². The maximum Gasteiger partial charge on any atom is 0.0640 e. The third kappa shape index (κ3) is 2.56. The van der Waals surface area contributed by atoms with Gasteiger partial charge in [-0.3, -0.25) is 0 Å². The molecule has 0 amide bonds. The van der Waals surface area contributed by atoms with Crippen molar-refractivity contribution >= 4 is 23.0 Å². The summed E-state index contributed by atoms with van der Waals surface area (Å²) in [6, 6.07) is 16.1. The van der Waals surface area contributed by atoms with Crippen LogP contribution < -0.4 is 5.32 Å². The second kappa shape index (κ2) is 5.04. The van der Waals surface area contributed by atoms with E-state index in [2.05, 4.69) is 30.4 Å². The Morgan fingerprint density at radius 2 is 1.88 bits per heavy atom. The van der Waals surface area contributed by atoms with Crippen LogP contribution in [0.5, 0.6) is 0 Å². The third-order valence-corrected chi connectivity index (χ3v) is 2.82. The van der Waals surface area contributed by atoms with Gasteiger partial charge in [0.15, 0.2) is 0 Å². The smallest absolute Gasteiger partial charge is 0.0640 e. The fourth-order valence-corrected chi connectivity index (χ4v) is 1.77. The summed E-state index contributed by atoms with van der Waals surface area (Å²) in [4.78, 5) is 0. The van der Waals surface area contributed by atoms with Gasteiger partial charge in [0.05, 0.1) is 10.7 Å². The van der Waals surface area contributed by atoms with Crippen LogP contribution in [0.15, 0.2) is 48.5 Å². The van der Waals surface area contributed by atoms with E-state index >= 15 is 0 Å². The Bertz CT molecular complexity index is 480. The molecule has 2 heteroatoms. The molecule has 2 rings (SSSR count). The summed E-state index contributed by atoms with van der Waals surface area (Å²) in [6.45, 7) is 2.15. The molecule has 1 nitrogen and oxygen atoms in total. The molecular weight excluding hydrogens is 218 g/mol. The number of anilines is 2. The minimum Gasteiger partial charge on any atom is -0.354 e. The van der Waals surface area contributed by atoms with Gasteiger partial charge in [-0.05, 0) is 36.2 Å². The molecule has 82 valence electrons. The summed E-state index contributed by atoms with van der Waals surface area (Å²) in [5, 5.41) is 4.06. The lowest BCUT2D eigenvalue weighted by molar-refractivity contribution is 1.14. The van der Waals surface area contributed by atoms with Crippen LogP contribution in [-0.4, -0.2) is 0 Å². The molecule has 0 heterocycles. The molecule has 0 spiro atoms. The number of nitrogens with one attached hydrogen (secondary N) is 1. The number of rotatable bonds is 3. The van der Waals surface area contributed by atoms with Crippen LogP contribution in [0.4, 0.5) is 11.4 Å². The van der Waals surface area contributed by atoms with E-state index in [0.717, 1.165) is 22.8 Å². The summed E-state index contributed by atoms with van der Waals surface area (Å²) < 4.78 is 0. The molecule has 0 fully saturated rings. The zero-order valence-corrected chi connectivity index (χ0v) is 9.96. The molecule has 16 heavy (non-hydrogen) atoms. The van der Waals surface area contributed by atoms with Gasteiger partial charge >= 0.3 is 0 Å². The van der Waals surface area contributed by atoms with Crippen LogP contribution in [-0.2, 0) is 6.42 Å². The zero-order valence-electron chi connectivity index (χ0n) is 9.20. The lowest BCUT2D eigenvalue weighted by Crippen LogP contribution is -1.91. The molecule has 0 aliphatic rings. The van der Waals surface area contributed by atoms with Crippen molar-refractivity contribution in [1.29, 1.82) is 0 Å². The standard InChI is InChI=1S/C14H14ClN/c1-2-11-6-5-7-12(10-11)16-14-9-4-3-8-13(14)15/h3-10,16H,2H2,1H3. The predicted octanol–water partition coefficient (Wildman–Crippen LogP) is 4.65. The topological polar surface area (TPSA) is 12.0 Å². The SMILES string of the molecule is CCc1cccc(Nc2ccccc2Cl)c1. The van der Waals surface area contributed by atoms with Crippen LogP contribution in [0.1, 0.15) is 12.5 Å². The quantitative estimate of drug-likeness (QED) is 0.811. The molecule has 0 radical (unpaired) electrons. The summed E-state index contributed by atoms with van der Waals surface area (Å²) in [5.41, 5.74) is 3.34. The second-order valence-electron chi connectivity index (χ2n) is 3.66. The van der Waals surface area contributed by atoms with Crippen molar-refractivity contribution in [2.75, 3.05) is 5.32 Å². The number of aryl methyl sites for hydroxylation is 1. The Morgan fingerprint density at radius 3 is 2.62 bits per heavy atom. The van der Waals surface area contributed by atoms with E-state index in [4.69, 9.17) is 11.6 Å². The Kier molecular flexibility index (Phi) is 3.47. The number of hydrogen-bond acceptors (Lipinski definition) is 1. The van der Waals surface area contributed by atoms with Crippen molar-refractivity contribution in [3.63, 3.8) is 0 Å². The number of halogens is 1. The van der Waals surface area contributed by atoms with Crippen LogP contribution in [0, 0.1) is 0 Å².